The molecular weight excluding hydrogens is 326 g/mol. The van der Waals surface area contributed by atoms with Crippen LogP contribution >= 0.6 is 0 Å². The molecule has 0 bridgehead atoms. The molecule has 0 aliphatic carbocycles. The molecule has 0 saturated carbocycles. The zero-order valence-corrected chi connectivity index (χ0v) is 12.8. The summed E-state index contributed by atoms with van der Waals surface area (Å²) in [5, 5.41) is 2.24. The van der Waals surface area contributed by atoms with Crippen LogP contribution in [-0.4, -0.2) is 25.6 Å². The molecule has 23 heavy (non-hydrogen) atoms. The van der Waals surface area contributed by atoms with Gasteiger partial charge in [-0.25, -0.2) is 17.2 Å². The Morgan fingerprint density at radius 2 is 1.87 bits per heavy atom. The number of nitrogens with one attached hydrogen (secondary N) is 1. The van der Waals surface area contributed by atoms with Crippen LogP contribution in [0.5, 0.6) is 0 Å². The smallest absolute Gasteiger partial charge is 0.248 e. The molecule has 1 N–H and O–H groups in total. The average molecular weight is 338 g/mol. The van der Waals surface area contributed by atoms with Crippen molar-refractivity contribution in [1.29, 1.82) is 0 Å². The van der Waals surface area contributed by atoms with E-state index in [2.05, 4.69) is 10.3 Å². The normalized spacial score (nSPS) is 11.6. The highest BCUT2D eigenvalue weighted by molar-refractivity contribution is 7.90. The largest absolute Gasteiger partial charge is 0.322 e. The summed E-state index contributed by atoms with van der Waals surface area (Å²) >= 11 is 0. The van der Waals surface area contributed by atoms with E-state index in [9.17, 15) is 22.0 Å². The molecule has 1 aromatic heterocycles. The van der Waals surface area contributed by atoms with Crippen molar-refractivity contribution < 1.29 is 22.0 Å². The summed E-state index contributed by atoms with van der Waals surface area (Å²) in [6, 6.07) is 6.60. The Hall–Kier alpha value is -2.61. The molecule has 1 heterocycles. The Labute approximate surface area is 131 Å². The van der Waals surface area contributed by atoms with E-state index in [4.69, 9.17) is 0 Å². The van der Waals surface area contributed by atoms with Gasteiger partial charge in [-0.1, -0.05) is 6.07 Å². The van der Waals surface area contributed by atoms with Crippen molar-refractivity contribution >= 4 is 27.5 Å². The van der Waals surface area contributed by atoms with Gasteiger partial charge in [-0.05, 0) is 30.3 Å². The molecule has 0 unspecified atom stereocenters. The fourth-order valence-corrected chi connectivity index (χ4v) is 2.63. The summed E-state index contributed by atoms with van der Waals surface area (Å²) in [6.45, 7) is 0. The third-order valence-electron chi connectivity index (χ3n) is 2.73. The van der Waals surface area contributed by atoms with Gasteiger partial charge < -0.3 is 5.32 Å². The molecule has 8 heteroatoms. The first kappa shape index (κ1) is 16.8. The second-order valence-corrected chi connectivity index (χ2v) is 6.57. The quantitative estimate of drug-likeness (QED) is 0.869. The maximum atomic E-state index is 13.7. The number of benzene rings is 1. The highest BCUT2D eigenvalue weighted by Gasteiger charge is 2.20. The number of rotatable bonds is 4. The van der Waals surface area contributed by atoms with E-state index in [1.807, 2.05) is 0 Å². The van der Waals surface area contributed by atoms with Crippen LogP contribution in [0.4, 0.5) is 14.5 Å². The molecular formula is C15H12F2N2O3S. The number of anilines is 1. The minimum atomic E-state index is -4.04. The highest BCUT2D eigenvalue weighted by Crippen LogP contribution is 2.23. The van der Waals surface area contributed by atoms with Crippen LogP contribution in [0, 0.1) is 11.6 Å². The van der Waals surface area contributed by atoms with E-state index in [1.54, 1.807) is 24.4 Å². The lowest BCUT2D eigenvalue weighted by Gasteiger charge is -2.07. The molecule has 120 valence electrons. The number of carbonyl (C=O) groups excluding carboxylic acids is 1. The second kappa shape index (κ2) is 6.66. The van der Waals surface area contributed by atoms with Crippen molar-refractivity contribution in [2.24, 2.45) is 0 Å². The SMILES string of the molecule is CS(=O)(=O)c1c(F)cc(NC(=O)C=Cc2ccccn2)cc1F. The molecule has 0 fully saturated rings. The minimum Gasteiger partial charge on any atom is -0.322 e. The Balaban J connectivity index is 2.18. The standard InChI is InChI=1S/C15H12F2N2O3S/c1-23(21,22)15-12(16)8-11(9-13(15)17)19-14(20)6-5-10-4-2-3-7-18-10/h2-9H,1H3,(H,19,20). The van der Waals surface area contributed by atoms with E-state index >= 15 is 0 Å². The lowest BCUT2D eigenvalue weighted by Crippen LogP contribution is -2.11. The zero-order chi connectivity index (χ0) is 17.0. The first-order valence-corrected chi connectivity index (χ1v) is 8.26. The fourth-order valence-electron chi connectivity index (χ4n) is 1.81. The molecule has 0 aliphatic rings. The van der Waals surface area contributed by atoms with Crippen LogP contribution in [0.25, 0.3) is 6.08 Å². The van der Waals surface area contributed by atoms with Crippen LogP contribution in [0.1, 0.15) is 5.69 Å². The number of pyridine rings is 1. The van der Waals surface area contributed by atoms with Crippen molar-refractivity contribution in [2.75, 3.05) is 11.6 Å². The number of amides is 1. The van der Waals surface area contributed by atoms with Crippen LogP contribution in [0.2, 0.25) is 0 Å². The van der Waals surface area contributed by atoms with Gasteiger partial charge in [-0.15, -0.1) is 0 Å². The maximum Gasteiger partial charge on any atom is 0.248 e. The number of hydrogen-bond donors (Lipinski definition) is 1. The van der Waals surface area contributed by atoms with Crippen molar-refractivity contribution in [3.63, 3.8) is 0 Å². The molecule has 0 saturated heterocycles. The maximum absolute atomic E-state index is 13.7. The number of hydrogen-bond acceptors (Lipinski definition) is 4. The lowest BCUT2D eigenvalue weighted by molar-refractivity contribution is -0.111. The number of sulfone groups is 1. The third kappa shape index (κ3) is 4.43. The van der Waals surface area contributed by atoms with Gasteiger partial charge in [0.1, 0.15) is 16.5 Å². The van der Waals surface area contributed by atoms with Crippen molar-refractivity contribution in [2.45, 2.75) is 4.90 Å². The molecule has 0 atom stereocenters. The van der Waals surface area contributed by atoms with Gasteiger partial charge in [0.05, 0.1) is 5.69 Å². The molecule has 1 amide bonds. The third-order valence-corrected chi connectivity index (χ3v) is 3.86. The van der Waals surface area contributed by atoms with Gasteiger partial charge in [-0.2, -0.15) is 0 Å². The van der Waals surface area contributed by atoms with Crippen LogP contribution in [-0.2, 0) is 14.6 Å². The number of carbonyl (C=O) groups is 1. The van der Waals surface area contributed by atoms with E-state index < -0.39 is 32.3 Å². The first-order valence-electron chi connectivity index (χ1n) is 6.36. The van der Waals surface area contributed by atoms with Crippen molar-refractivity contribution in [3.05, 3.63) is 59.9 Å². The van der Waals surface area contributed by atoms with E-state index in [0.717, 1.165) is 18.2 Å². The summed E-state index contributed by atoms with van der Waals surface area (Å²) in [5.41, 5.74) is 0.343. The van der Waals surface area contributed by atoms with Crippen molar-refractivity contribution in [1.82, 2.24) is 4.98 Å². The van der Waals surface area contributed by atoms with Gasteiger partial charge in [0.2, 0.25) is 5.91 Å². The van der Waals surface area contributed by atoms with Gasteiger partial charge in [0.15, 0.2) is 9.84 Å². The van der Waals surface area contributed by atoms with Gasteiger partial charge >= 0.3 is 0 Å². The predicted molar refractivity (Wildman–Crippen MR) is 81.4 cm³/mol. The Morgan fingerprint density at radius 1 is 1.22 bits per heavy atom. The topological polar surface area (TPSA) is 76.1 Å². The number of nitrogens with zero attached hydrogens (tertiary/aromatic N) is 1. The number of aromatic nitrogens is 1. The van der Waals surface area contributed by atoms with Gasteiger partial charge in [-0.3, -0.25) is 9.78 Å². The first-order chi connectivity index (χ1) is 10.8. The molecule has 0 aliphatic heterocycles. The van der Waals surface area contributed by atoms with Crippen LogP contribution < -0.4 is 5.32 Å². The summed E-state index contributed by atoms with van der Waals surface area (Å²) in [5.74, 6) is -3.17. The Morgan fingerprint density at radius 3 is 2.39 bits per heavy atom. The predicted octanol–water partition coefficient (Wildman–Crippen LogP) is 2.42. The lowest BCUT2D eigenvalue weighted by atomic mass is 10.3. The Kier molecular flexibility index (Phi) is 4.85. The van der Waals surface area contributed by atoms with Gasteiger partial charge in [0, 0.05) is 24.2 Å². The van der Waals surface area contributed by atoms with Crippen molar-refractivity contribution in [3.8, 4) is 0 Å². The average Bonchev–Trinajstić information content (AvgIpc) is 2.44. The highest BCUT2D eigenvalue weighted by atomic mass is 32.2. The van der Waals surface area contributed by atoms with Crippen LogP contribution in [0.3, 0.4) is 0 Å². The number of halogens is 2. The molecule has 2 rings (SSSR count). The fraction of sp³-hybridized carbons (Fsp3) is 0.0667. The van der Waals surface area contributed by atoms with Gasteiger partial charge in [0.25, 0.3) is 0 Å². The minimum absolute atomic E-state index is 0.192. The summed E-state index contributed by atoms with van der Waals surface area (Å²) in [6.07, 6.45) is 4.81. The molecule has 0 spiro atoms. The molecule has 5 nitrogen and oxygen atoms in total. The summed E-state index contributed by atoms with van der Waals surface area (Å²) in [7, 11) is -4.04. The van der Waals surface area contributed by atoms with E-state index in [0.29, 0.717) is 11.9 Å². The summed E-state index contributed by atoms with van der Waals surface area (Å²) in [4.78, 5) is 14.6. The Bertz CT molecular complexity index is 843. The zero-order valence-electron chi connectivity index (χ0n) is 12.0. The molecule has 1 aromatic carbocycles. The van der Waals surface area contributed by atoms with Crippen LogP contribution in [0.15, 0.2) is 47.5 Å². The monoisotopic (exact) mass is 338 g/mol. The molecule has 2 aromatic rings. The molecule has 0 radical (unpaired) electrons. The van der Waals surface area contributed by atoms with E-state index in [-0.39, 0.29) is 5.69 Å². The summed E-state index contributed by atoms with van der Waals surface area (Å²) < 4.78 is 50.0. The van der Waals surface area contributed by atoms with E-state index in [1.165, 1.54) is 6.08 Å². The second-order valence-electron chi connectivity index (χ2n) is 4.62.